The minimum absolute atomic E-state index is 0.621. The molecule has 1 rings (SSSR count). The molecule has 1 aromatic heterocycles. The van der Waals surface area contributed by atoms with Gasteiger partial charge < -0.3 is 0 Å². The van der Waals surface area contributed by atoms with Gasteiger partial charge in [-0.2, -0.15) is 0 Å². The zero-order valence-electron chi connectivity index (χ0n) is 10.9. The van der Waals surface area contributed by atoms with Crippen molar-refractivity contribution in [2.24, 2.45) is 0 Å². The lowest BCUT2D eigenvalue weighted by molar-refractivity contribution is 0.582. The van der Waals surface area contributed by atoms with Gasteiger partial charge in [-0.1, -0.05) is 61.4 Å². The molecular formula is C15H24BrN. The van der Waals surface area contributed by atoms with Crippen LogP contribution in [0.15, 0.2) is 24.5 Å². The second kappa shape index (κ2) is 9.64. The zero-order valence-corrected chi connectivity index (χ0v) is 12.5. The first-order chi connectivity index (χ1) is 8.33. The highest BCUT2D eigenvalue weighted by atomic mass is 79.9. The normalized spacial score (nSPS) is 12.6. The van der Waals surface area contributed by atoms with Crippen molar-refractivity contribution < 1.29 is 0 Å². The maximum Gasteiger partial charge on any atom is 0.0270 e. The predicted octanol–water partition coefficient (Wildman–Crippen LogP) is 5.14. The van der Waals surface area contributed by atoms with Crippen LogP contribution in [0.2, 0.25) is 0 Å². The van der Waals surface area contributed by atoms with E-state index in [4.69, 9.17) is 0 Å². The maximum atomic E-state index is 4.04. The molecule has 0 spiro atoms. The molecule has 0 radical (unpaired) electrons. The molecule has 0 bridgehead atoms. The Kier molecular flexibility index (Phi) is 8.33. The molecule has 0 aromatic carbocycles. The Morgan fingerprint density at radius 3 is 2.41 bits per heavy atom. The van der Waals surface area contributed by atoms with E-state index < -0.39 is 0 Å². The van der Waals surface area contributed by atoms with E-state index in [2.05, 4.69) is 40.0 Å². The number of aromatic nitrogens is 1. The summed E-state index contributed by atoms with van der Waals surface area (Å²) in [6, 6.07) is 4.21. The Morgan fingerprint density at radius 1 is 1.06 bits per heavy atom. The topological polar surface area (TPSA) is 12.9 Å². The van der Waals surface area contributed by atoms with Crippen LogP contribution in [-0.2, 0) is 6.42 Å². The van der Waals surface area contributed by atoms with E-state index in [0.717, 1.165) is 6.42 Å². The van der Waals surface area contributed by atoms with Crippen molar-refractivity contribution >= 4 is 15.9 Å². The van der Waals surface area contributed by atoms with Crippen LogP contribution in [0.4, 0.5) is 0 Å². The summed E-state index contributed by atoms with van der Waals surface area (Å²) < 4.78 is 0. The van der Waals surface area contributed by atoms with Crippen molar-refractivity contribution in [2.75, 3.05) is 0 Å². The van der Waals surface area contributed by atoms with Gasteiger partial charge in [0.15, 0.2) is 0 Å². The van der Waals surface area contributed by atoms with Crippen LogP contribution in [0.5, 0.6) is 0 Å². The second-order valence-corrected chi connectivity index (χ2v) is 6.01. The van der Waals surface area contributed by atoms with Crippen LogP contribution in [-0.4, -0.2) is 9.81 Å². The Bertz CT molecular complexity index is 274. The van der Waals surface area contributed by atoms with Gasteiger partial charge in [0.1, 0.15) is 0 Å². The SMILES string of the molecule is CCCCCCCCC(Br)Cc1ccncc1. The molecule has 0 aliphatic rings. The fourth-order valence-corrected chi connectivity index (χ4v) is 2.72. The van der Waals surface area contributed by atoms with E-state index in [1.54, 1.807) is 0 Å². The molecule has 17 heavy (non-hydrogen) atoms. The number of rotatable bonds is 9. The Labute approximate surface area is 114 Å². The van der Waals surface area contributed by atoms with E-state index >= 15 is 0 Å². The monoisotopic (exact) mass is 297 g/mol. The molecule has 0 aliphatic carbocycles. The number of halogens is 1. The lowest BCUT2D eigenvalue weighted by Gasteiger charge is -2.09. The third-order valence-corrected chi connectivity index (χ3v) is 3.86. The van der Waals surface area contributed by atoms with E-state index in [-0.39, 0.29) is 0 Å². The standard InChI is InChI=1S/C15H24BrN/c1-2-3-4-5-6-7-8-15(16)13-14-9-11-17-12-10-14/h9-12,15H,2-8,13H2,1H3. The number of pyridine rings is 1. The number of hydrogen-bond donors (Lipinski definition) is 0. The summed E-state index contributed by atoms with van der Waals surface area (Å²) in [5, 5.41) is 0. The molecule has 1 aromatic rings. The average Bonchev–Trinajstić information content (AvgIpc) is 2.35. The highest BCUT2D eigenvalue weighted by molar-refractivity contribution is 9.09. The number of nitrogens with zero attached hydrogens (tertiary/aromatic N) is 1. The molecule has 0 amide bonds. The van der Waals surface area contributed by atoms with E-state index in [0.29, 0.717) is 4.83 Å². The van der Waals surface area contributed by atoms with Crippen molar-refractivity contribution in [1.29, 1.82) is 0 Å². The molecule has 0 aliphatic heterocycles. The molecule has 1 atom stereocenters. The van der Waals surface area contributed by atoms with E-state index in [9.17, 15) is 0 Å². The van der Waals surface area contributed by atoms with Gasteiger partial charge in [-0.25, -0.2) is 0 Å². The molecule has 0 N–H and O–H groups in total. The first-order valence-electron chi connectivity index (χ1n) is 6.86. The summed E-state index contributed by atoms with van der Waals surface area (Å²) in [6.07, 6.45) is 14.4. The van der Waals surface area contributed by atoms with E-state index in [1.807, 2.05) is 12.4 Å². The van der Waals surface area contributed by atoms with Crippen molar-refractivity contribution in [2.45, 2.75) is 63.1 Å². The quantitative estimate of drug-likeness (QED) is 0.454. The molecule has 0 saturated heterocycles. The lowest BCUT2D eigenvalue weighted by Crippen LogP contribution is -2.02. The Hall–Kier alpha value is -0.370. The zero-order chi connectivity index (χ0) is 12.3. The average molecular weight is 298 g/mol. The van der Waals surface area contributed by atoms with Gasteiger partial charge in [0.2, 0.25) is 0 Å². The third kappa shape index (κ3) is 7.54. The molecule has 0 fully saturated rings. The smallest absolute Gasteiger partial charge is 0.0270 e. The van der Waals surface area contributed by atoms with Crippen LogP contribution in [0.25, 0.3) is 0 Å². The molecule has 1 heterocycles. The predicted molar refractivity (Wildman–Crippen MR) is 78.6 cm³/mol. The Morgan fingerprint density at radius 2 is 1.71 bits per heavy atom. The summed E-state index contributed by atoms with van der Waals surface area (Å²) >= 11 is 3.78. The Balaban J connectivity index is 2.03. The van der Waals surface area contributed by atoms with Crippen LogP contribution < -0.4 is 0 Å². The van der Waals surface area contributed by atoms with E-state index in [1.165, 1.54) is 50.5 Å². The summed E-state index contributed by atoms with van der Waals surface area (Å²) in [5.74, 6) is 0. The third-order valence-electron chi connectivity index (χ3n) is 3.08. The van der Waals surface area contributed by atoms with Crippen LogP contribution in [0, 0.1) is 0 Å². The maximum absolute atomic E-state index is 4.04. The van der Waals surface area contributed by atoms with Crippen molar-refractivity contribution in [1.82, 2.24) is 4.98 Å². The molecule has 0 saturated carbocycles. The van der Waals surface area contributed by atoms with Crippen molar-refractivity contribution in [3.05, 3.63) is 30.1 Å². The fraction of sp³-hybridized carbons (Fsp3) is 0.667. The van der Waals surface area contributed by atoms with Gasteiger partial charge in [-0.15, -0.1) is 0 Å². The lowest BCUT2D eigenvalue weighted by atomic mass is 10.0. The highest BCUT2D eigenvalue weighted by Crippen LogP contribution is 2.17. The summed E-state index contributed by atoms with van der Waals surface area (Å²) in [7, 11) is 0. The first kappa shape index (κ1) is 14.7. The van der Waals surface area contributed by atoms with Gasteiger partial charge in [0, 0.05) is 17.2 Å². The number of alkyl halides is 1. The van der Waals surface area contributed by atoms with Gasteiger partial charge in [0.25, 0.3) is 0 Å². The molecule has 2 heteroatoms. The summed E-state index contributed by atoms with van der Waals surface area (Å²) in [4.78, 5) is 4.66. The fourth-order valence-electron chi connectivity index (χ4n) is 2.02. The number of hydrogen-bond acceptors (Lipinski definition) is 1. The van der Waals surface area contributed by atoms with Crippen LogP contribution >= 0.6 is 15.9 Å². The minimum atomic E-state index is 0.621. The highest BCUT2D eigenvalue weighted by Gasteiger charge is 2.04. The number of unbranched alkanes of at least 4 members (excludes halogenated alkanes) is 5. The summed E-state index contributed by atoms with van der Waals surface area (Å²) in [5.41, 5.74) is 1.38. The van der Waals surface area contributed by atoms with Crippen molar-refractivity contribution in [3.8, 4) is 0 Å². The van der Waals surface area contributed by atoms with Crippen molar-refractivity contribution in [3.63, 3.8) is 0 Å². The molecule has 1 unspecified atom stereocenters. The van der Waals surface area contributed by atoms with Gasteiger partial charge in [-0.05, 0) is 30.5 Å². The van der Waals surface area contributed by atoms with Gasteiger partial charge in [0.05, 0.1) is 0 Å². The molecular weight excluding hydrogens is 274 g/mol. The largest absolute Gasteiger partial charge is 0.265 e. The van der Waals surface area contributed by atoms with Crippen LogP contribution in [0.1, 0.15) is 57.4 Å². The second-order valence-electron chi connectivity index (χ2n) is 4.71. The first-order valence-corrected chi connectivity index (χ1v) is 7.77. The van der Waals surface area contributed by atoms with Gasteiger partial charge >= 0.3 is 0 Å². The molecule has 1 nitrogen and oxygen atoms in total. The van der Waals surface area contributed by atoms with Gasteiger partial charge in [-0.3, -0.25) is 4.98 Å². The summed E-state index contributed by atoms with van der Waals surface area (Å²) in [6.45, 7) is 2.27. The molecule has 96 valence electrons. The minimum Gasteiger partial charge on any atom is -0.265 e. The van der Waals surface area contributed by atoms with Crippen LogP contribution in [0.3, 0.4) is 0 Å².